The Bertz CT molecular complexity index is 1330. The third kappa shape index (κ3) is 6.56. The molecule has 1 unspecified atom stereocenters. The normalized spacial score (nSPS) is 19.5. The molecule has 1 aliphatic carbocycles. The number of carbonyl (C=O) groups is 2. The summed E-state index contributed by atoms with van der Waals surface area (Å²) in [5, 5.41) is 10.0. The van der Waals surface area contributed by atoms with Gasteiger partial charge in [0, 0.05) is 30.1 Å². The van der Waals surface area contributed by atoms with Crippen molar-refractivity contribution in [3.8, 4) is 0 Å². The molecule has 3 aromatic rings. The largest absolute Gasteiger partial charge is 0.352 e. The molecule has 0 bridgehead atoms. The number of benzene rings is 2. The first-order chi connectivity index (χ1) is 18.8. The Morgan fingerprint density at radius 1 is 1.08 bits per heavy atom. The molecule has 2 aliphatic rings. The summed E-state index contributed by atoms with van der Waals surface area (Å²) in [7, 11) is 2.12. The van der Waals surface area contributed by atoms with Crippen LogP contribution in [0.2, 0.25) is 5.02 Å². The Hall–Kier alpha value is -3.10. The number of amides is 2. The van der Waals surface area contributed by atoms with Crippen molar-refractivity contribution in [1.82, 2.24) is 25.5 Å². The number of aromatic amines is 1. The average molecular weight is 551 g/mol. The minimum absolute atomic E-state index is 0.0835. The molecule has 208 valence electrons. The van der Waals surface area contributed by atoms with Gasteiger partial charge in [-0.15, -0.1) is 0 Å². The molecule has 1 saturated carbocycles. The molecule has 1 aromatic heterocycles. The standard InChI is InChI=1S/C30H39ClN6O2/c1-30(13-5-3-6-14-30)28(39)33-18-20-9-11-23(31)25(16-20)35-29-34-24-12-10-21(17-26(24)36-29)27(38)32-19-22-8-4-7-15-37(22)2/h9-12,16-17,22H,3-8,13-15,18-19H2,1-2H3,(H,32,38)(H,33,39)(H2,34,35,36). The molecule has 1 saturated heterocycles. The van der Waals surface area contributed by atoms with Crippen LogP contribution in [0.4, 0.5) is 11.6 Å². The van der Waals surface area contributed by atoms with Gasteiger partial charge in [-0.1, -0.05) is 50.3 Å². The topological polar surface area (TPSA) is 102 Å². The van der Waals surface area contributed by atoms with Gasteiger partial charge >= 0.3 is 0 Å². The van der Waals surface area contributed by atoms with E-state index >= 15 is 0 Å². The van der Waals surface area contributed by atoms with Gasteiger partial charge in [-0.25, -0.2) is 4.98 Å². The number of fused-ring (bicyclic) bond motifs is 1. The highest BCUT2D eigenvalue weighted by molar-refractivity contribution is 6.33. The second-order valence-electron chi connectivity index (χ2n) is 11.4. The Labute approximate surface area is 235 Å². The minimum Gasteiger partial charge on any atom is -0.352 e. The molecular weight excluding hydrogens is 512 g/mol. The van der Waals surface area contributed by atoms with Crippen LogP contribution in [0.1, 0.15) is 74.2 Å². The molecule has 0 radical (unpaired) electrons. The van der Waals surface area contributed by atoms with E-state index in [2.05, 4.69) is 44.8 Å². The van der Waals surface area contributed by atoms with Crippen molar-refractivity contribution in [2.45, 2.75) is 70.9 Å². The number of carbonyl (C=O) groups excluding carboxylic acids is 2. The lowest BCUT2D eigenvalue weighted by Crippen LogP contribution is -2.44. The predicted octanol–water partition coefficient (Wildman–Crippen LogP) is 5.76. The van der Waals surface area contributed by atoms with E-state index in [0.717, 1.165) is 55.2 Å². The fourth-order valence-corrected chi connectivity index (χ4v) is 5.95. The van der Waals surface area contributed by atoms with Crippen LogP contribution in [-0.2, 0) is 11.3 Å². The number of hydrogen-bond donors (Lipinski definition) is 4. The maximum Gasteiger partial charge on any atom is 0.251 e. The number of hydrogen-bond acceptors (Lipinski definition) is 5. The van der Waals surface area contributed by atoms with Crippen LogP contribution < -0.4 is 16.0 Å². The van der Waals surface area contributed by atoms with Gasteiger partial charge in [-0.3, -0.25) is 9.59 Å². The van der Waals surface area contributed by atoms with Crippen LogP contribution in [0.15, 0.2) is 36.4 Å². The number of nitrogens with one attached hydrogen (secondary N) is 4. The maximum atomic E-state index is 12.8. The number of H-pyrrole nitrogens is 1. The fourth-order valence-electron chi connectivity index (χ4n) is 5.79. The van der Waals surface area contributed by atoms with Gasteiger partial charge in [0.05, 0.1) is 21.7 Å². The summed E-state index contributed by atoms with van der Waals surface area (Å²) in [4.78, 5) is 35.9. The van der Waals surface area contributed by atoms with Crippen LogP contribution in [0.3, 0.4) is 0 Å². The summed E-state index contributed by atoms with van der Waals surface area (Å²) in [5.41, 5.74) is 3.48. The van der Waals surface area contributed by atoms with E-state index < -0.39 is 0 Å². The third-order valence-electron chi connectivity index (χ3n) is 8.41. The van der Waals surface area contributed by atoms with Gasteiger partial charge in [0.15, 0.2) is 0 Å². The lowest BCUT2D eigenvalue weighted by molar-refractivity contribution is -0.132. The number of halogens is 1. The first kappa shape index (κ1) is 27.5. The summed E-state index contributed by atoms with van der Waals surface area (Å²) in [6, 6.07) is 11.5. The van der Waals surface area contributed by atoms with Crippen molar-refractivity contribution < 1.29 is 9.59 Å². The van der Waals surface area contributed by atoms with Gasteiger partial charge in [-0.05, 0) is 75.2 Å². The number of nitrogens with zero attached hydrogens (tertiary/aromatic N) is 2. The Kier molecular flexibility index (Phi) is 8.43. The van der Waals surface area contributed by atoms with Crippen LogP contribution in [-0.4, -0.2) is 52.9 Å². The van der Waals surface area contributed by atoms with Crippen LogP contribution in [0.25, 0.3) is 11.0 Å². The minimum atomic E-state index is -0.276. The summed E-state index contributed by atoms with van der Waals surface area (Å²) in [6.07, 6.45) is 8.87. The van der Waals surface area contributed by atoms with E-state index in [9.17, 15) is 9.59 Å². The third-order valence-corrected chi connectivity index (χ3v) is 8.74. The van der Waals surface area contributed by atoms with E-state index in [4.69, 9.17) is 11.6 Å². The molecule has 4 N–H and O–H groups in total. The second-order valence-corrected chi connectivity index (χ2v) is 11.8. The lowest BCUT2D eigenvalue weighted by atomic mass is 9.75. The Balaban J connectivity index is 1.22. The van der Waals surface area contributed by atoms with Crippen molar-refractivity contribution in [2.75, 3.05) is 25.5 Å². The van der Waals surface area contributed by atoms with Crippen molar-refractivity contribution in [1.29, 1.82) is 0 Å². The van der Waals surface area contributed by atoms with Crippen molar-refractivity contribution in [3.05, 3.63) is 52.5 Å². The average Bonchev–Trinajstić information content (AvgIpc) is 3.34. The quantitative estimate of drug-likeness (QED) is 0.285. The molecule has 1 aliphatic heterocycles. The molecule has 39 heavy (non-hydrogen) atoms. The SMILES string of the molecule is CN1CCCCC1CNC(=O)c1ccc2nc(Nc3cc(CNC(=O)C4(C)CCCCC4)ccc3Cl)[nH]c2c1. The van der Waals surface area contributed by atoms with E-state index in [1.165, 1.54) is 19.3 Å². The number of aromatic nitrogens is 2. The van der Waals surface area contributed by atoms with Crippen LogP contribution in [0, 0.1) is 5.41 Å². The number of rotatable bonds is 8. The van der Waals surface area contributed by atoms with Gasteiger partial charge in [-0.2, -0.15) is 0 Å². The fraction of sp³-hybridized carbons (Fsp3) is 0.500. The highest BCUT2D eigenvalue weighted by Crippen LogP contribution is 2.36. The van der Waals surface area contributed by atoms with Gasteiger partial charge < -0.3 is 25.8 Å². The van der Waals surface area contributed by atoms with Gasteiger partial charge in [0.25, 0.3) is 5.91 Å². The molecule has 2 amide bonds. The smallest absolute Gasteiger partial charge is 0.251 e. The zero-order chi connectivity index (χ0) is 27.4. The molecule has 8 nitrogen and oxygen atoms in total. The monoisotopic (exact) mass is 550 g/mol. The summed E-state index contributed by atoms with van der Waals surface area (Å²) < 4.78 is 0. The van der Waals surface area contributed by atoms with E-state index in [-0.39, 0.29) is 17.2 Å². The molecule has 1 atom stereocenters. The molecule has 0 spiro atoms. The summed E-state index contributed by atoms with van der Waals surface area (Å²) >= 11 is 6.48. The first-order valence-corrected chi connectivity index (χ1v) is 14.5. The van der Waals surface area contributed by atoms with Crippen molar-refractivity contribution in [3.63, 3.8) is 0 Å². The van der Waals surface area contributed by atoms with E-state index in [0.29, 0.717) is 41.4 Å². The first-order valence-electron chi connectivity index (χ1n) is 14.1. The van der Waals surface area contributed by atoms with E-state index in [1.54, 1.807) is 6.07 Å². The number of piperidine rings is 1. The Morgan fingerprint density at radius 3 is 2.69 bits per heavy atom. The van der Waals surface area contributed by atoms with Gasteiger partial charge in [0.2, 0.25) is 11.9 Å². The molecule has 2 fully saturated rings. The molecule has 5 rings (SSSR count). The number of imidazole rings is 1. The van der Waals surface area contributed by atoms with Gasteiger partial charge in [0.1, 0.15) is 0 Å². The molecule has 2 heterocycles. The number of anilines is 2. The molecular formula is C30H39ClN6O2. The maximum absolute atomic E-state index is 12.8. The molecule has 2 aromatic carbocycles. The highest BCUT2D eigenvalue weighted by atomic mass is 35.5. The lowest BCUT2D eigenvalue weighted by Gasteiger charge is -2.32. The summed E-state index contributed by atoms with van der Waals surface area (Å²) in [6.45, 7) is 4.24. The highest BCUT2D eigenvalue weighted by Gasteiger charge is 2.34. The zero-order valence-electron chi connectivity index (χ0n) is 22.9. The Morgan fingerprint density at radius 2 is 1.90 bits per heavy atom. The summed E-state index contributed by atoms with van der Waals surface area (Å²) in [5.74, 6) is 0.568. The van der Waals surface area contributed by atoms with Crippen LogP contribution >= 0.6 is 11.6 Å². The van der Waals surface area contributed by atoms with Crippen molar-refractivity contribution in [2.24, 2.45) is 5.41 Å². The van der Waals surface area contributed by atoms with E-state index in [1.807, 2.05) is 30.3 Å². The second kappa shape index (κ2) is 12.0. The number of likely N-dealkylation sites (tertiary alicyclic amines) is 1. The number of likely N-dealkylation sites (N-methyl/N-ethyl adjacent to an activating group) is 1. The van der Waals surface area contributed by atoms with Crippen LogP contribution in [0.5, 0.6) is 0 Å². The predicted molar refractivity (Wildman–Crippen MR) is 156 cm³/mol. The van der Waals surface area contributed by atoms with Crippen molar-refractivity contribution >= 4 is 46.1 Å². The molecule has 9 heteroatoms. The zero-order valence-corrected chi connectivity index (χ0v) is 23.7.